The molecule has 2 rings (SSSR count). The lowest BCUT2D eigenvalue weighted by molar-refractivity contribution is 0.262. The predicted molar refractivity (Wildman–Crippen MR) is 90.0 cm³/mol. The monoisotopic (exact) mass is 370 g/mol. The number of rotatable bonds is 6. The van der Waals surface area contributed by atoms with Crippen molar-refractivity contribution in [3.63, 3.8) is 0 Å². The van der Waals surface area contributed by atoms with Gasteiger partial charge in [-0.15, -0.1) is 0 Å². The lowest BCUT2D eigenvalue weighted by Crippen LogP contribution is -2.12. The summed E-state index contributed by atoms with van der Waals surface area (Å²) in [6, 6.07) is 7.70. The van der Waals surface area contributed by atoms with Crippen molar-refractivity contribution in [3.8, 4) is 0 Å². The van der Waals surface area contributed by atoms with Crippen LogP contribution in [0.15, 0.2) is 28.7 Å². The summed E-state index contributed by atoms with van der Waals surface area (Å²) in [4.78, 5) is 0. The topological polar surface area (TPSA) is 38.0 Å². The SMILES string of the molecule is CCc1nn(CC)c(CC(CO)c2cccc(Cl)c2)c1Br. The van der Waals surface area contributed by atoms with Gasteiger partial charge < -0.3 is 5.11 Å². The standard InChI is InChI=1S/C16H20BrClN2O/c1-3-14-16(17)15(20(4-2)19-14)9-12(10-21)11-6-5-7-13(18)8-11/h5-8,12,21H,3-4,9-10H2,1-2H3. The van der Waals surface area contributed by atoms with Crippen LogP contribution in [0.2, 0.25) is 5.02 Å². The molecule has 1 unspecified atom stereocenters. The molecule has 1 atom stereocenters. The molecule has 114 valence electrons. The summed E-state index contributed by atoms with van der Waals surface area (Å²) in [7, 11) is 0. The van der Waals surface area contributed by atoms with Crippen molar-refractivity contribution in [2.75, 3.05) is 6.61 Å². The molecule has 0 amide bonds. The first kappa shape index (κ1) is 16.5. The fourth-order valence-corrected chi connectivity index (χ4v) is 3.42. The molecule has 0 bridgehead atoms. The Morgan fingerprint density at radius 3 is 2.71 bits per heavy atom. The molecular weight excluding hydrogens is 352 g/mol. The maximum Gasteiger partial charge on any atom is 0.0766 e. The van der Waals surface area contributed by atoms with Crippen LogP contribution >= 0.6 is 27.5 Å². The summed E-state index contributed by atoms with van der Waals surface area (Å²) in [5, 5.41) is 15.1. The van der Waals surface area contributed by atoms with E-state index in [-0.39, 0.29) is 12.5 Å². The van der Waals surface area contributed by atoms with Crippen molar-refractivity contribution in [3.05, 3.63) is 50.7 Å². The van der Waals surface area contributed by atoms with Gasteiger partial charge in [0.25, 0.3) is 0 Å². The highest BCUT2D eigenvalue weighted by molar-refractivity contribution is 9.10. The normalized spacial score (nSPS) is 12.6. The minimum Gasteiger partial charge on any atom is -0.396 e. The Balaban J connectivity index is 2.32. The van der Waals surface area contributed by atoms with Gasteiger partial charge in [0.2, 0.25) is 0 Å². The van der Waals surface area contributed by atoms with Gasteiger partial charge in [-0.1, -0.05) is 30.7 Å². The number of hydrogen-bond acceptors (Lipinski definition) is 2. The van der Waals surface area contributed by atoms with Crippen LogP contribution in [-0.4, -0.2) is 21.5 Å². The highest BCUT2D eigenvalue weighted by Crippen LogP contribution is 2.29. The van der Waals surface area contributed by atoms with Crippen molar-refractivity contribution in [2.24, 2.45) is 0 Å². The second kappa shape index (κ2) is 7.43. The molecule has 1 aromatic heterocycles. The van der Waals surface area contributed by atoms with Crippen LogP contribution in [0.25, 0.3) is 0 Å². The van der Waals surface area contributed by atoms with Crippen molar-refractivity contribution in [1.29, 1.82) is 0 Å². The summed E-state index contributed by atoms with van der Waals surface area (Å²) in [6.45, 7) is 5.08. The van der Waals surface area contributed by atoms with Gasteiger partial charge in [-0.2, -0.15) is 5.10 Å². The maximum absolute atomic E-state index is 9.76. The average Bonchev–Trinajstić information content (AvgIpc) is 2.80. The van der Waals surface area contributed by atoms with Gasteiger partial charge in [0.05, 0.1) is 22.5 Å². The third kappa shape index (κ3) is 3.68. The molecule has 0 aliphatic rings. The number of nitrogens with zero attached hydrogens (tertiary/aromatic N) is 2. The molecule has 0 spiro atoms. The van der Waals surface area contributed by atoms with Crippen LogP contribution in [-0.2, 0) is 19.4 Å². The molecule has 1 heterocycles. The summed E-state index contributed by atoms with van der Waals surface area (Å²) in [5.74, 6) is 0.0201. The van der Waals surface area contributed by atoms with Crippen molar-refractivity contribution < 1.29 is 5.11 Å². The Hall–Kier alpha value is -0.840. The predicted octanol–water partition coefficient (Wildman–Crippen LogP) is 4.20. The van der Waals surface area contributed by atoms with E-state index in [0.717, 1.165) is 40.8 Å². The summed E-state index contributed by atoms with van der Waals surface area (Å²) < 4.78 is 3.07. The van der Waals surface area contributed by atoms with Crippen LogP contribution in [0, 0.1) is 0 Å². The lowest BCUT2D eigenvalue weighted by atomic mass is 9.95. The summed E-state index contributed by atoms with van der Waals surface area (Å²) in [5.41, 5.74) is 3.25. The number of benzene rings is 1. The van der Waals surface area contributed by atoms with Crippen LogP contribution in [0.5, 0.6) is 0 Å². The molecule has 0 aliphatic carbocycles. The van der Waals surface area contributed by atoms with Crippen LogP contribution in [0.4, 0.5) is 0 Å². The quantitative estimate of drug-likeness (QED) is 0.826. The minimum absolute atomic E-state index is 0.0201. The molecule has 5 heteroatoms. The van der Waals surface area contributed by atoms with E-state index in [1.807, 2.05) is 28.9 Å². The van der Waals surface area contributed by atoms with Crippen LogP contribution < -0.4 is 0 Å². The number of halogens is 2. The Kier molecular flexibility index (Phi) is 5.85. The minimum atomic E-state index is 0.0201. The smallest absolute Gasteiger partial charge is 0.0766 e. The van der Waals surface area contributed by atoms with E-state index in [1.165, 1.54) is 0 Å². The molecule has 0 saturated carbocycles. The van der Waals surface area contributed by atoms with E-state index in [9.17, 15) is 5.11 Å². The largest absolute Gasteiger partial charge is 0.396 e. The zero-order valence-corrected chi connectivity index (χ0v) is 14.7. The molecule has 2 aromatic rings. The van der Waals surface area contributed by atoms with E-state index in [1.54, 1.807) is 0 Å². The van der Waals surface area contributed by atoms with Gasteiger partial charge in [0, 0.05) is 17.5 Å². The first-order chi connectivity index (χ1) is 10.1. The molecule has 1 N–H and O–H groups in total. The zero-order valence-electron chi connectivity index (χ0n) is 12.3. The molecule has 21 heavy (non-hydrogen) atoms. The van der Waals surface area contributed by atoms with Gasteiger partial charge in [-0.05, 0) is 53.4 Å². The van der Waals surface area contributed by atoms with E-state index < -0.39 is 0 Å². The third-order valence-corrected chi connectivity index (χ3v) is 4.82. The Bertz CT molecular complexity index is 612. The second-order valence-electron chi connectivity index (χ2n) is 5.02. The van der Waals surface area contributed by atoms with Crippen LogP contribution in [0.1, 0.15) is 36.7 Å². The Morgan fingerprint density at radius 1 is 1.38 bits per heavy atom. The van der Waals surface area contributed by atoms with Gasteiger partial charge in [-0.3, -0.25) is 4.68 Å². The van der Waals surface area contributed by atoms with Crippen molar-refractivity contribution in [1.82, 2.24) is 9.78 Å². The van der Waals surface area contributed by atoms with Gasteiger partial charge >= 0.3 is 0 Å². The van der Waals surface area contributed by atoms with E-state index in [4.69, 9.17) is 11.6 Å². The maximum atomic E-state index is 9.76. The highest BCUT2D eigenvalue weighted by atomic mass is 79.9. The fraction of sp³-hybridized carbons (Fsp3) is 0.438. The molecule has 3 nitrogen and oxygen atoms in total. The first-order valence-corrected chi connectivity index (χ1v) is 8.38. The van der Waals surface area contributed by atoms with E-state index in [0.29, 0.717) is 5.02 Å². The zero-order chi connectivity index (χ0) is 15.4. The lowest BCUT2D eigenvalue weighted by Gasteiger charge is -2.16. The second-order valence-corrected chi connectivity index (χ2v) is 6.24. The van der Waals surface area contributed by atoms with E-state index in [2.05, 4.69) is 34.9 Å². The van der Waals surface area contributed by atoms with Gasteiger partial charge in [-0.25, -0.2) is 0 Å². The molecule has 0 radical (unpaired) electrons. The van der Waals surface area contributed by atoms with Crippen LogP contribution in [0.3, 0.4) is 0 Å². The number of aliphatic hydroxyl groups is 1. The van der Waals surface area contributed by atoms with Crippen molar-refractivity contribution >= 4 is 27.5 Å². The van der Waals surface area contributed by atoms with E-state index >= 15 is 0 Å². The number of hydrogen-bond donors (Lipinski definition) is 1. The van der Waals surface area contributed by atoms with Gasteiger partial charge in [0.1, 0.15) is 0 Å². The third-order valence-electron chi connectivity index (χ3n) is 3.67. The molecule has 0 aliphatic heterocycles. The molecule has 0 saturated heterocycles. The Morgan fingerprint density at radius 2 is 2.14 bits per heavy atom. The summed E-state index contributed by atoms with van der Waals surface area (Å²) in [6.07, 6.45) is 1.62. The summed E-state index contributed by atoms with van der Waals surface area (Å²) >= 11 is 9.71. The fourth-order valence-electron chi connectivity index (χ4n) is 2.49. The number of aliphatic hydroxyl groups excluding tert-OH is 1. The highest BCUT2D eigenvalue weighted by Gasteiger charge is 2.19. The molecule has 1 aromatic carbocycles. The first-order valence-electron chi connectivity index (χ1n) is 7.21. The molecular formula is C16H20BrClN2O. The van der Waals surface area contributed by atoms with Crippen molar-refractivity contribution in [2.45, 2.75) is 39.2 Å². The molecule has 0 fully saturated rings. The number of aromatic nitrogens is 2. The average molecular weight is 372 g/mol. The Labute approximate surface area is 139 Å². The van der Waals surface area contributed by atoms with Gasteiger partial charge in [0.15, 0.2) is 0 Å². The number of aryl methyl sites for hydroxylation is 2.